The van der Waals surface area contributed by atoms with Crippen LogP contribution in [0.1, 0.15) is 44.9 Å². The largest absolute Gasteiger partial charge is 0.393 e. The SMILES string of the molecule is NC(=S)C1(C(=O)N2CCCC(C(F)(F)F)C2)CCCCC1. The lowest BCUT2D eigenvalue weighted by atomic mass is 9.72. The Balaban J connectivity index is 2.15. The Morgan fingerprint density at radius 3 is 2.33 bits per heavy atom. The summed E-state index contributed by atoms with van der Waals surface area (Å²) in [6, 6.07) is 0. The maximum atomic E-state index is 12.9. The molecule has 1 saturated heterocycles. The summed E-state index contributed by atoms with van der Waals surface area (Å²) in [5.41, 5.74) is 4.88. The van der Waals surface area contributed by atoms with Crippen molar-refractivity contribution in [2.45, 2.75) is 51.1 Å². The van der Waals surface area contributed by atoms with Crippen molar-refractivity contribution in [1.82, 2.24) is 4.90 Å². The number of thiocarbonyl (C=S) groups is 1. The van der Waals surface area contributed by atoms with Crippen LogP contribution in [0.5, 0.6) is 0 Å². The maximum absolute atomic E-state index is 12.9. The number of halogens is 3. The zero-order chi connectivity index (χ0) is 15.7. The second-order valence-corrected chi connectivity index (χ2v) is 6.58. The molecule has 0 spiro atoms. The van der Waals surface area contributed by atoms with Crippen LogP contribution in [0.15, 0.2) is 0 Å². The molecule has 3 nitrogen and oxygen atoms in total. The lowest BCUT2D eigenvalue weighted by Gasteiger charge is -2.42. The highest BCUT2D eigenvalue weighted by Crippen LogP contribution is 2.40. The molecule has 0 bridgehead atoms. The second-order valence-electron chi connectivity index (χ2n) is 6.14. The van der Waals surface area contributed by atoms with Gasteiger partial charge in [-0.3, -0.25) is 4.79 Å². The van der Waals surface area contributed by atoms with E-state index in [4.69, 9.17) is 18.0 Å². The highest BCUT2D eigenvalue weighted by molar-refractivity contribution is 7.80. The van der Waals surface area contributed by atoms with Gasteiger partial charge in [-0.05, 0) is 25.7 Å². The molecule has 0 aromatic heterocycles. The van der Waals surface area contributed by atoms with Gasteiger partial charge in [0, 0.05) is 13.1 Å². The minimum Gasteiger partial charge on any atom is -0.392 e. The predicted octanol–water partition coefficient (Wildman–Crippen LogP) is 3.02. The van der Waals surface area contributed by atoms with Gasteiger partial charge in [-0.1, -0.05) is 31.5 Å². The quantitative estimate of drug-likeness (QED) is 0.795. The molecule has 1 unspecified atom stereocenters. The van der Waals surface area contributed by atoms with Crippen LogP contribution in [0.2, 0.25) is 0 Å². The minimum absolute atomic E-state index is 0.0906. The van der Waals surface area contributed by atoms with Crippen molar-refractivity contribution in [1.29, 1.82) is 0 Å². The molecule has 1 heterocycles. The molecule has 0 aromatic rings. The summed E-state index contributed by atoms with van der Waals surface area (Å²) >= 11 is 5.08. The van der Waals surface area contributed by atoms with Crippen LogP contribution in [0.4, 0.5) is 13.2 Å². The minimum atomic E-state index is -4.25. The highest BCUT2D eigenvalue weighted by Gasteiger charge is 2.48. The van der Waals surface area contributed by atoms with Gasteiger partial charge in [0.05, 0.1) is 16.3 Å². The van der Waals surface area contributed by atoms with Crippen molar-refractivity contribution < 1.29 is 18.0 Å². The third-order valence-electron chi connectivity index (χ3n) is 4.76. The van der Waals surface area contributed by atoms with E-state index in [0.717, 1.165) is 19.3 Å². The van der Waals surface area contributed by atoms with Crippen LogP contribution in [0, 0.1) is 11.3 Å². The average molecular weight is 322 g/mol. The van der Waals surface area contributed by atoms with E-state index in [1.807, 2.05) is 0 Å². The van der Waals surface area contributed by atoms with Crippen LogP contribution in [0.25, 0.3) is 0 Å². The zero-order valence-electron chi connectivity index (χ0n) is 11.9. The fourth-order valence-corrected chi connectivity index (χ4v) is 3.74. The van der Waals surface area contributed by atoms with Crippen LogP contribution in [-0.4, -0.2) is 35.1 Å². The van der Waals surface area contributed by atoms with Crippen molar-refractivity contribution >= 4 is 23.1 Å². The number of hydrogen-bond acceptors (Lipinski definition) is 2. The van der Waals surface area contributed by atoms with E-state index in [1.165, 1.54) is 4.90 Å². The van der Waals surface area contributed by atoms with Gasteiger partial charge in [0.15, 0.2) is 0 Å². The van der Waals surface area contributed by atoms with E-state index < -0.39 is 17.5 Å². The summed E-state index contributed by atoms with van der Waals surface area (Å²) in [5, 5.41) is 0. The van der Waals surface area contributed by atoms with E-state index in [9.17, 15) is 18.0 Å². The average Bonchev–Trinajstić information content (AvgIpc) is 2.46. The van der Waals surface area contributed by atoms with Crippen LogP contribution in [0.3, 0.4) is 0 Å². The van der Waals surface area contributed by atoms with Gasteiger partial charge in [0.2, 0.25) is 5.91 Å². The number of nitrogens with two attached hydrogens (primary N) is 1. The van der Waals surface area contributed by atoms with Crippen LogP contribution < -0.4 is 5.73 Å². The molecule has 0 radical (unpaired) electrons. The first-order valence-corrected chi connectivity index (χ1v) is 7.84. The Morgan fingerprint density at radius 1 is 1.19 bits per heavy atom. The van der Waals surface area contributed by atoms with E-state index in [1.54, 1.807) is 0 Å². The van der Waals surface area contributed by atoms with Crippen molar-refractivity contribution in [2.75, 3.05) is 13.1 Å². The smallest absolute Gasteiger partial charge is 0.392 e. The third-order valence-corrected chi connectivity index (χ3v) is 5.15. The van der Waals surface area contributed by atoms with Gasteiger partial charge >= 0.3 is 6.18 Å². The first kappa shape index (κ1) is 16.5. The molecule has 1 aliphatic carbocycles. The van der Waals surface area contributed by atoms with E-state index in [-0.39, 0.29) is 23.9 Å². The van der Waals surface area contributed by atoms with Crippen molar-refractivity contribution in [3.8, 4) is 0 Å². The molecule has 2 aliphatic rings. The number of nitrogens with zero attached hydrogens (tertiary/aromatic N) is 1. The molecule has 2 N–H and O–H groups in total. The Morgan fingerprint density at radius 2 is 1.81 bits per heavy atom. The topological polar surface area (TPSA) is 46.3 Å². The highest BCUT2D eigenvalue weighted by atomic mass is 32.1. The molecule has 7 heteroatoms. The Labute approximate surface area is 128 Å². The van der Waals surface area contributed by atoms with E-state index in [0.29, 0.717) is 25.8 Å². The summed E-state index contributed by atoms with van der Waals surface area (Å²) in [6.45, 7) is 0.114. The second kappa shape index (κ2) is 6.10. The van der Waals surface area contributed by atoms with Crippen LogP contribution in [-0.2, 0) is 4.79 Å². The van der Waals surface area contributed by atoms with Gasteiger partial charge < -0.3 is 10.6 Å². The molecule has 1 amide bonds. The first-order valence-electron chi connectivity index (χ1n) is 7.43. The molecule has 120 valence electrons. The summed E-state index contributed by atoms with van der Waals surface area (Å²) in [5.74, 6) is -1.72. The summed E-state index contributed by atoms with van der Waals surface area (Å²) in [6.07, 6.45) is 0.0589. The Bertz CT molecular complexity index is 419. The van der Waals surface area contributed by atoms with Gasteiger partial charge in [-0.15, -0.1) is 0 Å². The molecule has 1 saturated carbocycles. The number of rotatable bonds is 2. The van der Waals surface area contributed by atoms with Crippen LogP contribution >= 0.6 is 12.2 Å². The number of piperidine rings is 1. The van der Waals surface area contributed by atoms with Crippen molar-refractivity contribution in [3.05, 3.63) is 0 Å². The molecular weight excluding hydrogens is 301 g/mol. The number of likely N-dealkylation sites (tertiary alicyclic amines) is 1. The fourth-order valence-electron chi connectivity index (χ4n) is 3.45. The molecular formula is C14H21F3N2OS. The van der Waals surface area contributed by atoms with Gasteiger partial charge in [0.1, 0.15) is 0 Å². The third kappa shape index (κ3) is 3.33. The number of carbonyl (C=O) groups is 1. The van der Waals surface area contributed by atoms with Crippen molar-refractivity contribution in [2.24, 2.45) is 17.1 Å². The predicted molar refractivity (Wildman–Crippen MR) is 77.7 cm³/mol. The zero-order valence-corrected chi connectivity index (χ0v) is 12.7. The summed E-state index contributed by atoms with van der Waals surface area (Å²) < 4.78 is 38.7. The normalized spacial score (nSPS) is 26.4. The summed E-state index contributed by atoms with van der Waals surface area (Å²) in [4.78, 5) is 14.3. The lowest BCUT2D eigenvalue weighted by molar-refractivity contribution is -0.189. The van der Waals surface area contributed by atoms with Gasteiger partial charge in [0.25, 0.3) is 0 Å². The standard InChI is InChI=1S/C14H21F3N2OS/c15-14(16,17)10-5-4-8-19(9-10)12(20)13(11(18)21)6-2-1-3-7-13/h10H,1-9H2,(H2,18,21). The van der Waals surface area contributed by atoms with Gasteiger partial charge in [-0.2, -0.15) is 13.2 Å². The summed E-state index contributed by atoms with van der Waals surface area (Å²) in [7, 11) is 0. The van der Waals surface area contributed by atoms with E-state index >= 15 is 0 Å². The fraction of sp³-hybridized carbons (Fsp3) is 0.857. The molecule has 1 aliphatic heterocycles. The number of hydrogen-bond donors (Lipinski definition) is 1. The van der Waals surface area contributed by atoms with E-state index in [2.05, 4.69) is 0 Å². The number of amides is 1. The number of carbonyl (C=O) groups excluding carboxylic acids is 1. The lowest BCUT2D eigenvalue weighted by Crippen LogP contribution is -2.55. The maximum Gasteiger partial charge on any atom is 0.393 e. The van der Waals surface area contributed by atoms with Crippen molar-refractivity contribution in [3.63, 3.8) is 0 Å². The molecule has 2 fully saturated rings. The first-order chi connectivity index (χ1) is 9.77. The van der Waals surface area contributed by atoms with Gasteiger partial charge in [-0.25, -0.2) is 0 Å². The molecule has 21 heavy (non-hydrogen) atoms. The Hall–Kier alpha value is -0.850. The molecule has 2 rings (SSSR count). The Kier molecular flexibility index (Phi) is 4.80. The monoisotopic (exact) mass is 322 g/mol. The molecule has 1 atom stereocenters. The molecule has 0 aromatic carbocycles. The number of alkyl halides is 3.